The molecule has 2 aliphatic heterocycles. The Morgan fingerprint density at radius 2 is 1.03 bits per heavy atom. The number of nitrogens with one attached hydrogen (secondary N) is 2. The van der Waals surface area contributed by atoms with Gasteiger partial charge in [-0.15, -0.1) is 0 Å². The zero-order chi connectivity index (χ0) is 49.1. The number of hydrogen-bond acceptors (Lipinski definition) is 11. The van der Waals surface area contributed by atoms with E-state index in [4.69, 9.17) is 24.7 Å². The lowest BCUT2D eigenvalue weighted by Gasteiger charge is -2.35. The number of ether oxygens (including phenoxy) is 4. The van der Waals surface area contributed by atoms with E-state index in [0.29, 0.717) is 30.1 Å². The molecule has 0 unspecified atom stereocenters. The van der Waals surface area contributed by atoms with Crippen molar-refractivity contribution < 1.29 is 37.3 Å². The van der Waals surface area contributed by atoms with Gasteiger partial charge in [-0.1, -0.05) is 36.4 Å². The molecule has 2 fully saturated rings. The number of carbonyl (C=O) groups is 2. The van der Waals surface area contributed by atoms with Crippen LogP contribution in [0.25, 0.3) is 11.1 Å². The average Bonchev–Trinajstić information content (AvgIpc) is 3.36. The number of nitrogens with two attached hydrogens (primary N) is 1. The zero-order valence-corrected chi connectivity index (χ0v) is 40.1. The first-order valence-corrected chi connectivity index (χ1v) is 23.2. The number of piperazine rings is 2. The minimum absolute atomic E-state index is 0.0769. The van der Waals surface area contributed by atoms with Crippen LogP contribution in [0.5, 0.6) is 23.0 Å². The molecule has 70 heavy (non-hydrogen) atoms. The molecule has 0 radical (unpaired) electrons. The Labute approximate surface area is 408 Å². The summed E-state index contributed by atoms with van der Waals surface area (Å²) in [5.41, 5.74) is 12.1. The van der Waals surface area contributed by atoms with E-state index in [-0.39, 0.29) is 28.4 Å². The fourth-order valence-corrected chi connectivity index (χ4v) is 8.99. The van der Waals surface area contributed by atoms with Crippen LogP contribution in [-0.2, 0) is 26.2 Å². The molecule has 6 aromatic rings. The van der Waals surface area contributed by atoms with Crippen LogP contribution >= 0.6 is 0 Å². The Kier molecular flexibility index (Phi) is 16.1. The van der Waals surface area contributed by atoms with Crippen molar-refractivity contribution >= 4 is 34.8 Å². The minimum atomic E-state index is -0.906. The largest absolute Gasteiger partial charge is 0.497 e. The van der Waals surface area contributed by atoms with Crippen LogP contribution in [0.2, 0.25) is 0 Å². The highest BCUT2D eigenvalue weighted by molar-refractivity contribution is 6.22. The Hall–Kier alpha value is -7.24. The second kappa shape index (κ2) is 22.9. The van der Waals surface area contributed by atoms with Crippen LogP contribution in [0.1, 0.15) is 22.3 Å². The molecule has 0 bridgehead atoms. The van der Waals surface area contributed by atoms with Gasteiger partial charge in [0.25, 0.3) is 0 Å². The first-order valence-electron chi connectivity index (χ1n) is 23.2. The summed E-state index contributed by atoms with van der Waals surface area (Å²) in [6.45, 7) is 9.59. The molecule has 0 aliphatic carbocycles. The van der Waals surface area contributed by atoms with E-state index in [9.17, 15) is 14.0 Å². The number of imide groups is 1. The molecular formula is C54H60F2N8O6. The van der Waals surface area contributed by atoms with Gasteiger partial charge in [-0.05, 0) is 107 Å². The SMILES string of the molecule is COc1ccc(CN2CCN(Cc3cc(N)c(OC)c(-c4ccc(NC(=O)N(C(=O)Nc5cccc(F)c5)c5cc(CN6CCN(Cc7ccc(OC)cc7)CC6)ccc5OC)cc4F)c3)CC2)cc1. The lowest BCUT2D eigenvalue weighted by atomic mass is 9.99. The molecule has 0 spiro atoms. The van der Waals surface area contributed by atoms with Crippen molar-refractivity contribution in [3.63, 3.8) is 0 Å². The molecule has 0 atom stereocenters. The van der Waals surface area contributed by atoms with E-state index >= 15 is 4.39 Å². The third kappa shape index (κ3) is 12.3. The first kappa shape index (κ1) is 49.2. The van der Waals surface area contributed by atoms with E-state index in [1.165, 1.54) is 49.6 Å². The van der Waals surface area contributed by atoms with Crippen LogP contribution < -0.4 is 40.2 Å². The van der Waals surface area contributed by atoms with Gasteiger partial charge in [0, 0.05) is 101 Å². The fraction of sp³-hybridized carbons (Fsp3) is 0.296. The Balaban J connectivity index is 0.974. The van der Waals surface area contributed by atoms with E-state index in [2.05, 4.69) is 54.5 Å². The number of anilines is 4. The van der Waals surface area contributed by atoms with Crippen LogP contribution in [0.3, 0.4) is 0 Å². The Morgan fingerprint density at radius 1 is 0.529 bits per heavy atom. The summed E-state index contributed by atoms with van der Waals surface area (Å²) in [6.07, 6.45) is 0. The summed E-state index contributed by atoms with van der Waals surface area (Å²) >= 11 is 0. The monoisotopic (exact) mass is 954 g/mol. The minimum Gasteiger partial charge on any atom is -0.497 e. The van der Waals surface area contributed by atoms with Crippen molar-refractivity contribution in [3.8, 4) is 34.1 Å². The van der Waals surface area contributed by atoms with Gasteiger partial charge in [0.1, 0.15) is 34.6 Å². The maximum atomic E-state index is 16.4. The lowest BCUT2D eigenvalue weighted by molar-refractivity contribution is 0.122. The molecular weight excluding hydrogens is 895 g/mol. The lowest BCUT2D eigenvalue weighted by Crippen LogP contribution is -2.45. The molecule has 2 heterocycles. The zero-order valence-electron chi connectivity index (χ0n) is 40.1. The summed E-state index contributed by atoms with van der Waals surface area (Å²) in [6, 6.07) is 33.1. The van der Waals surface area contributed by atoms with Gasteiger partial charge in [-0.25, -0.2) is 23.3 Å². The van der Waals surface area contributed by atoms with Crippen LogP contribution in [-0.4, -0.2) is 112 Å². The highest BCUT2D eigenvalue weighted by atomic mass is 19.1. The molecule has 2 saturated heterocycles. The molecule has 4 amide bonds. The Morgan fingerprint density at radius 3 is 1.51 bits per heavy atom. The van der Waals surface area contributed by atoms with E-state index in [1.807, 2.05) is 42.5 Å². The molecule has 8 rings (SSSR count). The van der Waals surface area contributed by atoms with Gasteiger partial charge < -0.3 is 35.3 Å². The number of halogens is 2. The van der Waals surface area contributed by atoms with Crippen molar-refractivity contribution in [2.24, 2.45) is 0 Å². The van der Waals surface area contributed by atoms with Crippen LogP contribution in [0, 0.1) is 11.6 Å². The second-order valence-electron chi connectivity index (χ2n) is 17.5. The standard InChI is InChI=1S/C54H60F2N8O6/c1-67-44-14-8-37(9-15-44)33-60-20-24-62(25-21-60)35-39-12-19-51(69-3)50(30-39)64(53(65)58-42-7-5-6-41(55)31-42)54(66)59-43-13-18-46(48(56)32-43)47-28-40(29-49(57)52(47)70-4)36-63-26-22-61(23-27-63)34-38-10-16-45(68-2)17-11-38/h5-19,28-32H,20-27,33-36,57H2,1-4H3,(H,58,65)(H,59,66). The van der Waals surface area contributed by atoms with Crippen LogP contribution in [0.15, 0.2) is 121 Å². The number of nitrogen functional groups attached to an aromatic ring is 1. The number of nitrogens with zero attached hydrogens (tertiary/aromatic N) is 5. The maximum Gasteiger partial charge on any atom is 0.334 e. The van der Waals surface area contributed by atoms with Gasteiger partial charge in [0.05, 0.1) is 39.8 Å². The topological polar surface area (TPSA) is 137 Å². The predicted molar refractivity (Wildman–Crippen MR) is 270 cm³/mol. The second-order valence-corrected chi connectivity index (χ2v) is 17.5. The molecule has 4 N–H and O–H groups in total. The number of urea groups is 2. The quantitative estimate of drug-likeness (QED) is 0.0802. The molecule has 14 nitrogen and oxygen atoms in total. The van der Waals surface area contributed by atoms with Gasteiger partial charge in [0.15, 0.2) is 0 Å². The summed E-state index contributed by atoms with van der Waals surface area (Å²) in [5, 5.41) is 5.35. The van der Waals surface area contributed by atoms with E-state index in [0.717, 1.165) is 99.0 Å². The van der Waals surface area contributed by atoms with Gasteiger partial charge in [-0.2, -0.15) is 0 Å². The molecule has 2 aliphatic rings. The van der Waals surface area contributed by atoms with Crippen molar-refractivity contribution in [2.45, 2.75) is 26.2 Å². The molecule has 0 saturated carbocycles. The average molecular weight is 955 g/mol. The maximum absolute atomic E-state index is 16.4. The summed E-state index contributed by atoms with van der Waals surface area (Å²) in [4.78, 5) is 38.9. The summed E-state index contributed by atoms with van der Waals surface area (Å²) in [5.74, 6) is 0.989. The first-order chi connectivity index (χ1) is 34.0. The number of carbonyl (C=O) groups excluding carboxylic acids is 2. The van der Waals surface area contributed by atoms with Gasteiger partial charge >= 0.3 is 12.1 Å². The van der Waals surface area contributed by atoms with Crippen molar-refractivity contribution in [1.82, 2.24) is 19.6 Å². The van der Waals surface area contributed by atoms with Gasteiger partial charge in [-0.3, -0.25) is 19.6 Å². The third-order valence-corrected chi connectivity index (χ3v) is 12.7. The third-order valence-electron chi connectivity index (χ3n) is 12.7. The number of amides is 4. The van der Waals surface area contributed by atoms with Crippen LogP contribution in [0.4, 0.5) is 41.1 Å². The van der Waals surface area contributed by atoms with E-state index in [1.54, 1.807) is 38.5 Å². The normalized spacial score (nSPS) is 14.7. The highest BCUT2D eigenvalue weighted by Crippen LogP contribution is 2.39. The number of hydrogen-bond donors (Lipinski definition) is 3. The highest BCUT2D eigenvalue weighted by Gasteiger charge is 2.29. The number of benzene rings is 6. The molecule has 16 heteroatoms. The Bertz CT molecular complexity index is 2750. The van der Waals surface area contributed by atoms with E-state index < -0.39 is 23.7 Å². The van der Waals surface area contributed by atoms with Crippen molar-refractivity contribution in [3.05, 3.63) is 155 Å². The molecule has 6 aromatic carbocycles. The summed E-state index contributed by atoms with van der Waals surface area (Å²) < 4.78 is 52.7. The van der Waals surface area contributed by atoms with Gasteiger partial charge in [0.2, 0.25) is 0 Å². The summed E-state index contributed by atoms with van der Waals surface area (Å²) in [7, 11) is 6.24. The van der Waals surface area contributed by atoms with Crippen molar-refractivity contribution in [2.75, 3.05) is 102 Å². The number of methoxy groups -OCH3 is 4. The molecule has 366 valence electrons. The van der Waals surface area contributed by atoms with Crippen molar-refractivity contribution in [1.29, 1.82) is 0 Å². The fourth-order valence-electron chi connectivity index (χ4n) is 8.99. The smallest absolute Gasteiger partial charge is 0.334 e. The molecule has 0 aromatic heterocycles. The predicted octanol–water partition coefficient (Wildman–Crippen LogP) is 9.15. The number of rotatable bonds is 16.